The van der Waals surface area contributed by atoms with Crippen molar-refractivity contribution >= 4 is 33.3 Å². The molecule has 1 atom stereocenters. The molecule has 1 aromatic rings. The molecule has 2 nitrogen and oxygen atoms in total. The van der Waals surface area contributed by atoms with E-state index in [1.807, 2.05) is 13.8 Å². The fourth-order valence-electron chi connectivity index (χ4n) is 1.57. The molecule has 0 radical (unpaired) electrons. The second-order valence-electron chi connectivity index (χ2n) is 4.07. The number of carbonyl (C=O) groups is 1. The molecule has 0 saturated heterocycles. The second-order valence-corrected chi connectivity index (χ2v) is 5.42. The zero-order chi connectivity index (χ0) is 11.2. The second kappa shape index (κ2) is 3.49. The summed E-state index contributed by atoms with van der Waals surface area (Å²) in [6.45, 7) is 3.75. The lowest BCUT2D eigenvalue weighted by Crippen LogP contribution is -2.46. The molecule has 0 aromatic heterocycles. The molecule has 1 aromatic carbocycles. The topological polar surface area (TPSA) is 26.3 Å². The lowest BCUT2D eigenvalue weighted by atomic mass is 9.93. The van der Waals surface area contributed by atoms with Crippen molar-refractivity contribution < 1.29 is 9.53 Å². The van der Waals surface area contributed by atoms with Crippen LogP contribution in [-0.4, -0.2) is 16.2 Å². The van der Waals surface area contributed by atoms with Gasteiger partial charge in [-0.05, 0) is 32.0 Å². The van der Waals surface area contributed by atoms with Gasteiger partial charge < -0.3 is 4.74 Å². The molecule has 0 aliphatic carbocycles. The van der Waals surface area contributed by atoms with Crippen LogP contribution >= 0.6 is 27.5 Å². The molecular weight excluding hydrogens is 279 g/mol. The molecule has 1 heterocycles. The van der Waals surface area contributed by atoms with E-state index in [9.17, 15) is 4.79 Å². The summed E-state index contributed by atoms with van der Waals surface area (Å²) in [7, 11) is 0. The fraction of sp³-hybridized carbons (Fsp3) is 0.364. The van der Waals surface area contributed by atoms with Crippen LogP contribution in [0.15, 0.2) is 18.2 Å². The summed E-state index contributed by atoms with van der Waals surface area (Å²) >= 11 is 9.19. The third kappa shape index (κ3) is 1.79. The Bertz CT molecular complexity index is 429. The number of ether oxygens (including phenoxy) is 1. The van der Waals surface area contributed by atoms with Crippen LogP contribution in [0.4, 0.5) is 0 Å². The van der Waals surface area contributed by atoms with Crippen LogP contribution in [0.3, 0.4) is 0 Å². The Morgan fingerprint density at radius 3 is 2.80 bits per heavy atom. The van der Waals surface area contributed by atoms with Crippen molar-refractivity contribution in [2.24, 2.45) is 0 Å². The summed E-state index contributed by atoms with van der Waals surface area (Å²) in [4.78, 5) is 11.7. The third-order valence-corrected chi connectivity index (χ3v) is 4.17. The van der Waals surface area contributed by atoms with Gasteiger partial charge in [0, 0.05) is 5.02 Å². The molecule has 2 rings (SSSR count). The van der Waals surface area contributed by atoms with Crippen molar-refractivity contribution in [3.05, 3.63) is 28.8 Å². The molecular formula is C11H10BrClO2. The average molecular weight is 290 g/mol. The maximum absolute atomic E-state index is 12.0. The van der Waals surface area contributed by atoms with Crippen molar-refractivity contribution in [3.63, 3.8) is 0 Å². The molecule has 0 saturated carbocycles. The molecule has 1 aliphatic rings. The van der Waals surface area contributed by atoms with Crippen molar-refractivity contribution in [3.8, 4) is 5.75 Å². The van der Waals surface area contributed by atoms with Gasteiger partial charge in [0.1, 0.15) is 16.2 Å². The summed E-state index contributed by atoms with van der Waals surface area (Å²) in [5, 5.41) is 0.546. The van der Waals surface area contributed by atoms with Gasteiger partial charge >= 0.3 is 0 Å². The van der Waals surface area contributed by atoms with Crippen LogP contribution in [0.5, 0.6) is 5.75 Å². The van der Waals surface area contributed by atoms with E-state index in [4.69, 9.17) is 16.3 Å². The van der Waals surface area contributed by atoms with Crippen molar-refractivity contribution in [1.82, 2.24) is 0 Å². The number of alkyl halides is 1. The third-order valence-electron chi connectivity index (χ3n) is 2.42. The minimum absolute atomic E-state index is 0.0174. The van der Waals surface area contributed by atoms with Crippen LogP contribution < -0.4 is 4.74 Å². The summed E-state index contributed by atoms with van der Waals surface area (Å²) < 4.78 is 5.73. The van der Waals surface area contributed by atoms with Crippen LogP contribution in [0.1, 0.15) is 24.2 Å². The maximum atomic E-state index is 12.0. The van der Waals surface area contributed by atoms with Crippen molar-refractivity contribution in [2.75, 3.05) is 0 Å². The highest BCUT2D eigenvalue weighted by Gasteiger charge is 2.41. The van der Waals surface area contributed by atoms with E-state index in [0.29, 0.717) is 16.3 Å². The summed E-state index contributed by atoms with van der Waals surface area (Å²) in [5.74, 6) is 0.619. The van der Waals surface area contributed by atoms with Gasteiger partial charge in [0.05, 0.1) is 5.56 Å². The molecule has 0 fully saturated rings. The zero-order valence-electron chi connectivity index (χ0n) is 8.38. The molecule has 1 unspecified atom stereocenters. The quantitative estimate of drug-likeness (QED) is 0.684. The minimum atomic E-state index is -0.530. The van der Waals surface area contributed by atoms with Crippen molar-refractivity contribution in [2.45, 2.75) is 24.3 Å². The first-order chi connectivity index (χ1) is 6.92. The van der Waals surface area contributed by atoms with Gasteiger partial charge in [-0.1, -0.05) is 27.5 Å². The highest BCUT2D eigenvalue weighted by molar-refractivity contribution is 9.10. The SMILES string of the molecule is CC1(C)Oc2ccc(Cl)cc2C(=O)C1Br. The van der Waals surface area contributed by atoms with Crippen LogP contribution in [0.25, 0.3) is 0 Å². The minimum Gasteiger partial charge on any atom is -0.485 e. The number of hydrogen-bond acceptors (Lipinski definition) is 2. The van der Waals surface area contributed by atoms with Gasteiger partial charge in [-0.3, -0.25) is 4.79 Å². The monoisotopic (exact) mass is 288 g/mol. The molecule has 0 amide bonds. The largest absolute Gasteiger partial charge is 0.485 e. The number of carbonyl (C=O) groups excluding carboxylic acids is 1. The van der Waals surface area contributed by atoms with Gasteiger partial charge in [0.2, 0.25) is 0 Å². The lowest BCUT2D eigenvalue weighted by Gasteiger charge is -2.35. The number of fused-ring (bicyclic) bond motifs is 1. The Hall–Kier alpha value is -0.540. The Kier molecular flexibility index (Phi) is 2.55. The first-order valence-corrected chi connectivity index (χ1v) is 5.88. The van der Waals surface area contributed by atoms with Gasteiger partial charge in [0.25, 0.3) is 0 Å². The van der Waals surface area contributed by atoms with E-state index in [1.54, 1.807) is 18.2 Å². The summed E-state index contributed by atoms with van der Waals surface area (Å²) in [5.41, 5.74) is 0.0152. The summed E-state index contributed by atoms with van der Waals surface area (Å²) in [6.07, 6.45) is 0. The Morgan fingerprint density at radius 2 is 2.13 bits per heavy atom. The van der Waals surface area contributed by atoms with E-state index in [2.05, 4.69) is 15.9 Å². The Labute approximate surface area is 102 Å². The first kappa shape index (κ1) is 11.0. The Morgan fingerprint density at radius 1 is 1.47 bits per heavy atom. The van der Waals surface area contributed by atoms with E-state index < -0.39 is 5.60 Å². The molecule has 4 heteroatoms. The first-order valence-electron chi connectivity index (χ1n) is 4.58. The average Bonchev–Trinajstić information content (AvgIpc) is 2.16. The fourth-order valence-corrected chi connectivity index (χ4v) is 2.08. The standard InChI is InChI=1S/C11H10BrClO2/c1-11(2)10(12)9(14)7-5-6(13)3-4-8(7)15-11/h3-5,10H,1-2H3. The Balaban J connectivity index is 2.55. The number of benzene rings is 1. The molecule has 0 spiro atoms. The number of rotatable bonds is 0. The highest BCUT2D eigenvalue weighted by atomic mass is 79.9. The molecule has 0 N–H and O–H groups in total. The number of hydrogen-bond donors (Lipinski definition) is 0. The van der Waals surface area contributed by atoms with E-state index in [-0.39, 0.29) is 10.6 Å². The lowest BCUT2D eigenvalue weighted by molar-refractivity contribution is 0.0668. The van der Waals surface area contributed by atoms with Gasteiger partial charge in [-0.25, -0.2) is 0 Å². The van der Waals surface area contributed by atoms with Gasteiger partial charge in [-0.2, -0.15) is 0 Å². The van der Waals surface area contributed by atoms with Crippen LogP contribution in [0.2, 0.25) is 5.02 Å². The maximum Gasteiger partial charge on any atom is 0.184 e. The normalized spacial score (nSPS) is 23.2. The van der Waals surface area contributed by atoms with Crippen molar-refractivity contribution in [1.29, 1.82) is 0 Å². The number of Topliss-reactive ketones (excluding diaryl/α,β-unsaturated/α-hetero) is 1. The zero-order valence-corrected chi connectivity index (χ0v) is 10.7. The highest BCUT2D eigenvalue weighted by Crippen LogP contribution is 2.37. The summed E-state index contributed by atoms with van der Waals surface area (Å²) in [6, 6.07) is 5.09. The smallest absolute Gasteiger partial charge is 0.184 e. The molecule has 1 aliphatic heterocycles. The van der Waals surface area contributed by atoms with Gasteiger partial charge in [-0.15, -0.1) is 0 Å². The number of ketones is 1. The predicted molar refractivity (Wildman–Crippen MR) is 63.2 cm³/mol. The van der Waals surface area contributed by atoms with Crippen LogP contribution in [-0.2, 0) is 0 Å². The molecule has 15 heavy (non-hydrogen) atoms. The van der Waals surface area contributed by atoms with Crippen LogP contribution in [0, 0.1) is 0 Å². The predicted octanol–water partition coefficient (Wildman–Crippen LogP) is 3.46. The molecule has 80 valence electrons. The van der Waals surface area contributed by atoms with E-state index in [1.165, 1.54) is 0 Å². The van der Waals surface area contributed by atoms with Gasteiger partial charge in [0.15, 0.2) is 5.78 Å². The van der Waals surface area contributed by atoms with E-state index >= 15 is 0 Å². The van der Waals surface area contributed by atoms with E-state index in [0.717, 1.165) is 0 Å². The molecule has 0 bridgehead atoms. The number of halogens is 2.